The molecule has 1 aliphatic heterocycles. The first-order valence-electron chi connectivity index (χ1n) is 5.85. The Kier molecular flexibility index (Phi) is 4.02. The molecule has 1 fully saturated rings. The Hall–Kier alpha value is -1.07. The van der Waals surface area contributed by atoms with Crippen LogP contribution in [0.2, 0.25) is 5.02 Å². The van der Waals surface area contributed by atoms with Crippen molar-refractivity contribution in [3.8, 4) is 0 Å². The van der Waals surface area contributed by atoms with Crippen LogP contribution in [-0.2, 0) is 11.3 Å². The normalized spacial score (nSPS) is 16.9. The highest BCUT2D eigenvalue weighted by atomic mass is 35.5. The van der Waals surface area contributed by atoms with Gasteiger partial charge in [0.25, 0.3) is 0 Å². The number of hydrogen-bond donors (Lipinski definition) is 1. The van der Waals surface area contributed by atoms with Crippen LogP contribution in [0.5, 0.6) is 0 Å². The van der Waals surface area contributed by atoms with E-state index in [1.807, 2.05) is 11.8 Å². The first kappa shape index (κ1) is 12.4. The van der Waals surface area contributed by atoms with Gasteiger partial charge in [0.2, 0.25) is 5.91 Å². The van der Waals surface area contributed by atoms with Crippen LogP contribution in [0.1, 0.15) is 12.1 Å². The van der Waals surface area contributed by atoms with Crippen LogP contribution in [0.15, 0.2) is 6.20 Å². The van der Waals surface area contributed by atoms with Crippen molar-refractivity contribution in [2.45, 2.75) is 19.9 Å². The molecule has 1 aliphatic rings. The number of hydrogen-bond acceptors (Lipinski definition) is 3. The smallest absolute Gasteiger partial charge is 0.244 e. The number of nitrogens with zero attached hydrogens (tertiary/aromatic N) is 3. The van der Waals surface area contributed by atoms with Crippen LogP contribution in [-0.4, -0.2) is 46.8 Å². The molecule has 0 atom stereocenters. The number of carbonyl (C=O) groups excluding carboxylic acids is 1. The van der Waals surface area contributed by atoms with Gasteiger partial charge in [-0.05, 0) is 19.9 Å². The van der Waals surface area contributed by atoms with Gasteiger partial charge >= 0.3 is 0 Å². The molecule has 0 aromatic carbocycles. The Bertz CT molecular complexity index is 377. The quantitative estimate of drug-likeness (QED) is 0.846. The Morgan fingerprint density at radius 1 is 1.53 bits per heavy atom. The van der Waals surface area contributed by atoms with Crippen LogP contribution < -0.4 is 5.32 Å². The van der Waals surface area contributed by atoms with Gasteiger partial charge in [0, 0.05) is 25.8 Å². The van der Waals surface area contributed by atoms with E-state index in [2.05, 4.69) is 10.4 Å². The Balaban J connectivity index is 1.95. The summed E-state index contributed by atoms with van der Waals surface area (Å²) in [5, 5.41) is 8.07. The molecule has 1 N–H and O–H groups in total. The molecule has 1 saturated heterocycles. The zero-order valence-electron chi connectivity index (χ0n) is 9.95. The fraction of sp³-hybridized carbons (Fsp3) is 0.636. The second kappa shape index (κ2) is 5.51. The van der Waals surface area contributed by atoms with E-state index in [1.54, 1.807) is 10.9 Å². The maximum atomic E-state index is 12.0. The van der Waals surface area contributed by atoms with Crippen molar-refractivity contribution in [2.24, 2.45) is 0 Å². The SMILES string of the molecule is Cc1nn(CC(=O)N2CCCNCC2)cc1Cl. The number of halogens is 1. The molecule has 1 aromatic rings. The minimum atomic E-state index is 0.105. The summed E-state index contributed by atoms with van der Waals surface area (Å²) in [6.07, 6.45) is 2.70. The summed E-state index contributed by atoms with van der Waals surface area (Å²) in [6.45, 7) is 5.54. The van der Waals surface area contributed by atoms with Gasteiger partial charge in [-0.25, -0.2) is 0 Å². The zero-order chi connectivity index (χ0) is 12.3. The molecule has 5 nitrogen and oxygen atoms in total. The molecule has 0 radical (unpaired) electrons. The number of aryl methyl sites for hydroxylation is 1. The van der Waals surface area contributed by atoms with E-state index in [-0.39, 0.29) is 12.5 Å². The van der Waals surface area contributed by atoms with E-state index in [0.717, 1.165) is 38.3 Å². The van der Waals surface area contributed by atoms with Crippen molar-refractivity contribution in [1.29, 1.82) is 0 Å². The van der Waals surface area contributed by atoms with Gasteiger partial charge in [-0.1, -0.05) is 11.6 Å². The van der Waals surface area contributed by atoms with Gasteiger partial charge in [-0.2, -0.15) is 5.10 Å². The highest BCUT2D eigenvalue weighted by Gasteiger charge is 2.16. The summed E-state index contributed by atoms with van der Waals surface area (Å²) in [5.41, 5.74) is 0.761. The summed E-state index contributed by atoms with van der Waals surface area (Å²) < 4.78 is 1.61. The van der Waals surface area contributed by atoms with Gasteiger partial charge in [0.05, 0.1) is 10.7 Å². The molecular weight excluding hydrogens is 240 g/mol. The van der Waals surface area contributed by atoms with E-state index < -0.39 is 0 Å². The maximum absolute atomic E-state index is 12.0. The van der Waals surface area contributed by atoms with Crippen molar-refractivity contribution in [3.63, 3.8) is 0 Å². The number of aromatic nitrogens is 2. The summed E-state index contributed by atoms with van der Waals surface area (Å²) in [5.74, 6) is 0.105. The average molecular weight is 257 g/mol. The molecule has 2 rings (SSSR count). The monoisotopic (exact) mass is 256 g/mol. The second-order valence-corrected chi connectivity index (χ2v) is 4.65. The van der Waals surface area contributed by atoms with E-state index in [0.29, 0.717) is 5.02 Å². The van der Waals surface area contributed by atoms with Crippen LogP contribution in [0.25, 0.3) is 0 Å². The van der Waals surface area contributed by atoms with Crippen molar-refractivity contribution < 1.29 is 4.79 Å². The fourth-order valence-corrected chi connectivity index (χ4v) is 2.06. The number of nitrogens with one attached hydrogen (secondary N) is 1. The minimum Gasteiger partial charge on any atom is -0.340 e. The third-order valence-electron chi connectivity index (χ3n) is 2.88. The maximum Gasteiger partial charge on any atom is 0.244 e. The lowest BCUT2D eigenvalue weighted by Gasteiger charge is -2.19. The lowest BCUT2D eigenvalue weighted by Crippen LogP contribution is -2.36. The second-order valence-electron chi connectivity index (χ2n) is 4.24. The number of amides is 1. The largest absolute Gasteiger partial charge is 0.340 e. The lowest BCUT2D eigenvalue weighted by molar-refractivity contribution is -0.131. The number of rotatable bonds is 2. The molecule has 2 heterocycles. The molecule has 0 unspecified atom stereocenters. The lowest BCUT2D eigenvalue weighted by atomic mass is 10.4. The van der Waals surface area contributed by atoms with Gasteiger partial charge in [-0.3, -0.25) is 9.48 Å². The Morgan fingerprint density at radius 3 is 3.06 bits per heavy atom. The predicted octanol–water partition coefficient (Wildman–Crippen LogP) is 0.667. The van der Waals surface area contributed by atoms with Crippen LogP contribution in [0.4, 0.5) is 0 Å². The fourth-order valence-electron chi connectivity index (χ4n) is 1.91. The third kappa shape index (κ3) is 3.20. The molecule has 0 saturated carbocycles. The standard InChI is InChI=1S/C11H17ClN4O/c1-9-10(12)7-16(14-9)8-11(17)15-5-2-3-13-4-6-15/h7,13H,2-6,8H2,1H3. The zero-order valence-corrected chi connectivity index (χ0v) is 10.7. The summed E-state index contributed by atoms with van der Waals surface area (Å²) in [6, 6.07) is 0. The summed E-state index contributed by atoms with van der Waals surface area (Å²) in [7, 11) is 0. The molecule has 0 aliphatic carbocycles. The van der Waals surface area contributed by atoms with E-state index in [4.69, 9.17) is 11.6 Å². The van der Waals surface area contributed by atoms with Gasteiger partial charge < -0.3 is 10.2 Å². The Morgan fingerprint density at radius 2 is 2.35 bits per heavy atom. The first-order valence-corrected chi connectivity index (χ1v) is 6.22. The van der Waals surface area contributed by atoms with Crippen LogP contribution in [0.3, 0.4) is 0 Å². The highest BCUT2D eigenvalue weighted by molar-refractivity contribution is 6.31. The van der Waals surface area contributed by atoms with Crippen molar-refractivity contribution in [3.05, 3.63) is 16.9 Å². The summed E-state index contributed by atoms with van der Waals surface area (Å²) in [4.78, 5) is 13.9. The van der Waals surface area contributed by atoms with Crippen molar-refractivity contribution in [1.82, 2.24) is 20.0 Å². The van der Waals surface area contributed by atoms with E-state index in [1.165, 1.54) is 0 Å². The molecule has 94 valence electrons. The van der Waals surface area contributed by atoms with Crippen LogP contribution in [0, 0.1) is 6.92 Å². The molecule has 17 heavy (non-hydrogen) atoms. The van der Waals surface area contributed by atoms with E-state index >= 15 is 0 Å². The molecular formula is C11H17ClN4O. The first-order chi connectivity index (χ1) is 8.16. The van der Waals surface area contributed by atoms with Gasteiger partial charge in [0.1, 0.15) is 6.54 Å². The predicted molar refractivity (Wildman–Crippen MR) is 66.0 cm³/mol. The number of carbonyl (C=O) groups is 1. The minimum absolute atomic E-state index is 0.105. The van der Waals surface area contributed by atoms with E-state index in [9.17, 15) is 4.79 Å². The van der Waals surface area contributed by atoms with Crippen LogP contribution >= 0.6 is 11.6 Å². The molecule has 6 heteroatoms. The molecule has 0 bridgehead atoms. The molecule has 1 aromatic heterocycles. The molecule has 0 spiro atoms. The van der Waals surface area contributed by atoms with Gasteiger partial charge in [-0.15, -0.1) is 0 Å². The topological polar surface area (TPSA) is 50.2 Å². The highest BCUT2D eigenvalue weighted by Crippen LogP contribution is 2.12. The van der Waals surface area contributed by atoms with Crippen molar-refractivity contribution >= 4 is 17.5 Å². The van der Waals surface area contributed by atoms with Gasteiger partial charge in [0.15, 0.2) is 0 Å². The average Bonchev–Trinajstić information content (AvgIpc) is 2.54. The van der Waals surface area contributed by atoms with Crippen molar-refractivity contribution in [2.75, 3.05) is 26.2 Å². The summed E-state index contributed by atoms with van der Waals surface area (Å²) >= 11 is 5.91. The third-order valence-corrected chi connectivity index (χ3v) is 3.25. The Labute approximate surface area is 106 Å². The molecule has 1 amide bonds.